The van der Waals surface area contributed by atoms with Gasteiger partial charge in [-0.1, -0.05) is 18.2 Å². The van der Waals surface area contributed by atoms with Gasteiger partial charge in [0.25, 0.3) is 0 Å². The van der Waals surface area contributed by atoms with E-state index >= 15 is 0 Å². The summed E-state index contributed by atoms with van der Waals surface area (Å²) in [5.41, 5.74) is -0.883. The zero-order valence-electron chi connectivity index (χ0n) is 9.28. The van der Waals surface area contributed by atoms with Crippen LogP contribution < -0.4 is 0 Å². The number of carbonyl (C=O) groups excluding carboxylic acids is 1. The van der Waals surface area contributed by atoms with E-state index in [1.165, 1.54) is 12.1 Å². The smallest absolute Gasteiger partial charge is 0.414 e. The molecular formula is C12H11F3O3. The first kappa shape index (κ1) is 14.2. The van der Waals surface area contributed by atoms with Crippen molar-refractivity contribution in [1.29, 1.82) is 0 Å². The predicted octanol–water partition coefficient (Wildman–Crippen LogP) is 2.32. The molecule has 0 aliphatic carbocycles. The summed E-state index contributed by atoms with van der Waals surface area (Å²) < 4.78 is 41.2. The Morgan fingerprint density at radius 1 is 1.28 bits per heavy atom. The van der Waals surface area contributed by atoms with Gasteiger partial charge in [0, 0.05) is 0 Å². The highest BCUT2D eigenvalue weighted by molar-refractivity contribution is 5.89. The van der Waals surface area contributed by atoms with E-state index in [1.54, 1.807) is 18.2 Å². The van der Waals surface area contributed by atoms with Crippen LogP contribution in [0.2, 0.25) is 0 Å². The Labute approximate surface area is 101 Å². The number of aliphatic hydroxyl groups is 1. The second kappa shape index (κ2) is 6.20. The number of rotatable bonds is 4. The van der Waals surface area contributed by atoms with E-state index in [1.807, 2.05) is 0 Å². The summed E-state index contributed by atoms with van der Waals surface area (Å²) in [5, 5.41) is 8.52. The lowest BCUT2D eigenvalue weighted by Gasteiger charge is -2.09. The van der Waals surface area contributed by atoms with E-state index in [-0.39, 0.29) is 5.56 Å². The van der Waals surface area contributed by atoms with Crippen LogP contribution in [0.1, 0.15) is 10.4 Å². The third-order valence-electron chi connectivity index (χ3n) is 2.09. The molecule has 0 saturated heterocycles. The average molecular weight is 260 g/mol. The lowest BCUT2D eigenvalue weighted by Crippen LogP contribution is -2.16. The SMILES string of the molecule is O=C(OC/C=C(/CO)C(F)(F)F)c1ccccc1. The molecule has 0 aromatic heterocycles. The number of alkyl halides is 3. The summed E-state index contributed by atoms with van der Waals surface area (Å²) in [6.07, 6.45) is -3.98. The first-order valence-corrected chi connectivity index (χ1v) is 5.04. The van der Waals surface area contributed by atoms with Crippen LogP contribution in [0.4, 0.5) is 13.2 Å². The van der Waals surface area contributed by atoms with Gasteiger partial charge in [0.05, 0.1) is 17.7 Å². The fourth-order valence-electron chi connectivity index (χ4n) is 1.15. The van der Waals surface area contributed by atoms with Crippen molar-refractivity contribution in [2.75, 3.05) is 13.2 Å². The molecule has 1 N–H and O–H groups in total. The van der Waals surface area contributed by atoms with Gasteiger partial charge in [0.15, 0.2) is 0 Å². The van der Waals surface area contributed by atoms with Gasteiger partial charge < -0.3 is 9.84 Å². The van der Waals surface area contributed by atoms with Gasteiger partial charge in [0.1, 0.15) is 6.61 Å². The molecule has 1 aromatic carbocycles. The fourth-order valence-corrected chi connectivity index (χ4v) is 1.15. The molecule has 0 bridgehead atoms. The van der Waals surface area contributed by atoms with E-state index in [2.05, 4.69) is 4.74 Å². The summed E-state index contributed by atoms with van der Waals surface area (Å²) in [6, 6.07) is 7.90. The van der Waals surface area contributed by atoms with Crippen LogP contribution >= 0.6 is 0 Å². The summed E-state index contributed by atoms with van der Waals surface area (Å²) in [7, 11) is 0. The number of aliphatic hydroxyl groups excluding tert-OH is 1. The van der Waals surface area contributed by atoms with E-state index in [0.717, 1.165) is 0 Å². The highest BCUT2D eigenvalue weighted by Crippen LogP contribution is 2.24. The minimum Gasteiger partial charge on any atom is -0.458 e. The van der Waals surface area contributed by atoms with Crippen molar-refractivity contribution in [2.45, 2.75) is 6.18 Å². The van der Waals surface area contributed by atoms with Gasteiger partial charge in [-0.15, -0.1) is 0 Å². The molecule has 0 aliphatic rings. The maximum atomic E-state index is 12.2. The highest BCUT2D eigenvalue weighted by atomic mass is 19.4. The summed E-state index contributed by atoms with van der Waals surface area (Å²) >= 11 is 0. The molecule has 0 amide bonds. The quantitative estimate of drug-likeness (QED) is 0.667. The molecule has 6 heteroatoms. The van der Waals surface area contributed by atoms with Crippen molar-refractivity contribution in [3.63, 3.8) is 0 Å². The first-order valence-electron chi connectivity index (χ1n) is 5.04. The minimum atomic E-state index is -4.62. The molecule has 0 heterocycles. The van der Waals surface area contributed by atoms with Crippen molar-refractivity contribution >= 4 is 5.97 Å². The summed E-state index contributed by atoms with van der Waals surface area (Å²) in [6.45, 7) is -1.69. The predicted molar refractivity (Wildman–Crippen MR) is 57.9 cm³/mol. The lowest BCUT2D eigenvalue weighted by atomic mass is 10.2. The van der Waals surface area contributed by atoms with Crippen LogP contribution in [0.5, 0.6) is 0 Å². The molecule has 0 aliphatic heterocycles. The Hall–Kier alpha value is -1.82. The maximum absolute atomic E-state index is 12.2. The van der Waals surface area contributed by atoms with Crippen LogP contribution in [0, 0.1) is 0 Å². The van der Waals surface area contributed by atoms with E-state index < -0.39 is 30.9 Å². The number of benzene rings is 1. The van der Waals surface area contributed by atoms with Crippen molar-refractivity contribution in [1.82, 2.24) is 0 Å². The molecule has 0 spiro atoms. The molecule has 98 valence electrons. The zero-order chi connectivity index (χ0) is 13.6. The second-order valence-corrected chi connectivity index (χ2v) is 3.35. The summed E-state index contributed by atoms with van der Waals surface area (Å²) in [5.74, 6) is -0.716. The van der Waals surface area contributed by atoms with Crippen molar-refractivity contribution in [2.24, 2.45) is 0 Å². The number of hydrogen-bond acceptors (Lipinski definition) is 3. The van der Waals surface area contributed by atoms with Gasteiger partial charge in [0.2, 0.25) is 0 Å². The summed E-state index contributed by atoms with van der Waals surface area (Å²) in [4.78, 5) is 11.4. The number of ether oxygens (including phenoxy) is 1. The zero-order valence-corrected chi connectivity index (χ0v) is 9.28. The molecular weight excluding hydrogens is 249 g/mol. The molecule has 18 heavy (non-hydrogen) atoms. The standard InChI is InChI=1S/C12H11F3O3/c13-12(14,15)10(8-16)6-7-18-11(17)9-4-2-1-3-5-9/h1-6,16H,7-8H2/b10-6-. The first-order chi connectivity index (χ1) is 8.45. The van der Waals surface area contributed by atoms with Crippen LogP contribution in [0.3, 0.4) is 0 Å². The van der Waals surface area contributed by atoms with E-state index in [9.17, 15) is 18.0 Å². The van der Waals surface area contributed by atoms with Crippen LogP contribution in [-0.2, 0) is 4.74 Å². The number of esters is 1. The molecule has 1 aromatic rings. The topological polar surface area (TPSA) is 46.5 Å². The Kier molecular flexibility index (Phi) is 4.91. The maximum Gasteiger partial charge on any atom is 0.414 e. The van der Waals surface area contributed by atoms with Gasteiger partial charge in [-0.05, 0) is 18.2 Å². The second-order valence-electron chi connectivity index (χ2n) is 3.35. The normalized spacial score (nSPS) is 12.3. The number of hydrogen-bond donors (Lipinski definition) is 1. The van der Waals surface area contributed by atoms with Gasteiger partial charge in [-0.2, -0.15) is 13.2 Å². The van der Waals surface area contributed by atoms with E-state index in [0.29, 0.717) is 6.08 Å². The number of halogens is 3. The molecule has 3 nitrogen and oxygen atoms in total. The van der Waals surface area contributed by atoms with Crippen LogP contribution in [-0.4, -0.2) is 30.5 Å². The monoisotopic (exact) mass is 260 g/mol. The Balaban J connectivity index is 2.56. The Morgan fingerprint density at radius 3 is 2.39 bits per heavy atom. The third kappa shape index (κ3) is 4.21. The number of carbonyl (C=O) groups is 1. The average Bonchev–Trinajstić information content (AvgIpc) is 2.34. The molecule has 1 rings (SSSR count). The molecule has 0 saturated carbocycles. The largest absolute Gasteiger partial charge is 0.458 e. The van der Waals surface area contributed by atoms with Gasteiger partial charge >= 0.3 is 12.1 Å². The van der Waals surface area contributed by atoms with Crippen molar-refractivity contribution in [3.05, 3.63) is 47.5 Å². The van der Waals surface area contributed by atoms with Crippen LogP contribution in [0.25, 0.3) is 0 Å². The molecule has 0 fully saturated rings. The fraction of sp³-hybridized carbons (Fsp3) is 0.250. The Bertz CT molecular complexity index is 424. The van der Waals surface area contributed by atoms with Gasteiger partial charge in [-0.25, -0.2) is 4.79 Å². The lowest BCUT2D eigenvalue weighted by molar-refractivity contribution is -0.0981. The molecule has 0 unspecified atom stereocenters. The van der Waals surface area contributed by atoms with Crippen molar-refractivity contribution < 1.29 is 27.8 Å². The molecule has 0 atom stereocenters. The minimum absolute atomic E-state index is 0.253. The van der Waals surface area contributed by atoms with E-state index in [4.69, 9.17) is 5.11 Å². The van der Waals surface area contributed by atoms with Gasteiger partial charge in [-0.3, -0.25) is 0 Å². The molecule has 0 radical (unpaired) electrons. The highest BCUT2D eigenvalue weighted by Gasteiger charge is 2.32. The van der Waals surface area contributed by atoms with Crippen molar-refractivity contribution in [3.8, 4) is 0 Å². The Morgan fingerprint density at radius 2 is 1.89 bits per heavy atom. The van der Waals surface area contributed by atoms with Crippen LogP contribution in [0.15, 0.2) is 42.0 Å². The third-order valence-corrected chi connectivity index (χ3v) is 2.09.